The molecule has 0 saturated carbocycles. The van der Waals surface area contributed by atoms with Crippen LogP contribution in [0.4, 0.5) is 19.0 Å². The lowest BCUT2D eigenvalue weighted by Crippen LogP contribution is -2.21. The molecule has 0 bridgehead atoms. The molecule has 0 aliphatic heterocycles. The Labute approximate surface area is 201 Å². The van der Waals surface area contributed by atoms with Crippen LogP contribution in [0.15, 0.2) is 61.1 Å². The van der Waals surface area contributed by atoms with E-state index in [1.165, 1.54) is 0 Å². The quantitative estimate of drug-likeness (QED) is 0.346. The number of alkyl halides is 3. The SMILES string of the molecule is COc1ccc(CC(=O)Nc2ncc3ccc(-c4cn[nH]c4)cc3c2Cl)cc1.O=C(O)C(F)(F)F. The largest absolute Gasteiger partial charge is 0.497 e. The number of aliphatic carboxylic acids is 1. The molecule has 0 atom stereocenters. The van der Waals surface area contributed by atoms with Gasteiger partial charge in [-0.2, -0.15) is 18.3 Å². The number of carbonyl (C=O) groups is 2. The van der Waals surface area contributed by atoms with Crippen LogP contribution < -0.4 is 10.1 Å². The molecular weight excluding hydrogens is 489 g/mol. The number of hydrogen-bond acceptors (Lipinski definition) is 5. The second kappa shape index (κ2) is 10.9. The zero-order valence-corrected chi connectivity index (χ0v) is 18.8. The lowest BCUT2D eigenvalue weighted by Gasteiger charge is -2.10. The first-order chi connectivity index (χ1) is 16.6. The van der Waals surface area contributed by atoms with E-state index < -0.39 is 12.1 Å². The average Bonchev–Trinajstić information content (AvgIpc) is 3.36. The Morgan fingerprint density at radius 1 is 1.11 bits per heavy atom. The number of rotatable bonds is 5. The maximum Gasteiger partial charge on any atom is 0.490 e. The molecule has 4 rings (SSSR count). The number of carboxylic acids is 1. The highest BCUT2D eigenvalue weighted by Gasteiger charge is 2.38. The number of nitrogens with zero attached hydrogens (tertiary/aromatic N) is 2. The second-order valence-corrected chi connectivity index (χ2v) is 7.46. The summed E-state index contributed by atoms with van der Waals surface area (Å²) in [4.78, 5) is 25.6. The van der Waals surface area contributed by atoms with E-state index in [2.05, 4.69) is 20.5 Å². The van der Waals surface area contributed by atoms with Gasteiger partial charge in [0.1, 0.15) is 5.75 Å². The molecule has 2 aromatic carbocycles. The van der Waals surface area contributed by atoms with Crippen LogP contribution >= 0.6 is 11.6 Å². The molecule has 0 aliphatic carbocycles. The number of benzene rings is 2. The van der Waals surface area contributed by atoms with Crippen molar-refractivity contribution in [2.24, 2.45) is 0 Å². The average molecular weight is 507 g/mol. The smallest absolute Gasteiger partial charge is 0.490 e. The van der Waals surface area contributed by atoms with Gasteiger partial charge in [-0.15, -0.1) is 0 Å². The number of carbonyl (C=O) groups excluding carboxylic acids is 1. The van der Waals surface area contributed by atoms with Gasteiger partial charge in [0.25, 0.3) is 0 Å². The molecule has 12 heteroatoms. The Morgan fingerprint density at radius 3 is 2.37 bits per heavy atom. The van der Waals surface area contributed by atoms with Crippen molar-refractivity contribution in [2.45, 2.75) is 12.6 Å². The molecule has 0 fully saturated rings. The number of H-pyrrole nitrogens is 1. The summed E-state index contributed by atoms with van der Waals surface area (Å²) < 4.78 is 36.9. The van der Waals surface area contributed by atoms with Gasteiger partial charge in [0.2, 0.25) is 5.91 Å². The van der Waals surface area contributed by atoms with Gasteiger partial charge >= 0.3 is 12.1 Å². The van der Waals surface area contributed by atoms with Crippen LogP contribution in [0.5, 0.6) is 5.75 Å². The number of aromatic nitrogens is 3. The Hall–Kier alpha value is -4.12. The van der Waals surface area contributed by atoms with Crippen LogP contribution in [-0.2, 0) is 16.0 Å². The minimum absolute atomic E-state index is 0.190. The van der Waals surface area contributed by atoms with E-state index in [-0.39, 0.29) is 12.3 Å². The Kier molecular flexibility index (Phi) is 7.92. The number of amides is 1. The van der Waals surface area contributed by atoms with E-state index in [1.54, 1.807) is 19.5 Å². The van der Waals surface area contributed by atoms with Gasteiger partial charge in [-0.05, 0) is 29.3 Å². The Balaban J connectivity index is 0.000000429. The van der Waals surface area contributed by atoms with E-state index >= 15 is 0 Å². The van der Waals surface area contributed by atoms with Gasteiger partial charge in [-0.25, -0.2) is 9.78 Å². The second-order valence-electron chi connectivity index (χ2n) is 7.09. The molecule has 0 saturated heterocycles. The Morgan fingerprint density at radius 2 is 1.80 bits per heavy atom. The number of nitrogens with one attached hydrogen (secondary N) is 2. The normalized spacial score (nSPS) is 10.9. The van der Waals surface area contributed by atoms with E-state index in [9.17, 15) is 18.0 Å². The first-order valence-electron chi connectivity index (χ1n) is 9.88. The van der Waals surface area contributed by atoms with E-state index in [4.69, 9.17) is 26.2 Å². The summed E-state index contributed by atoms with van der Waals surface area (Å²) in [5, 5.41) is 18.8. The van der Waals surface area contributed by atoms with Crippen LogP contribution in [0.1, 0.15) is 5.56 Å². The van der Waals surface area contributed by atoms with Crippen molar-refractivity contribution < 1.29 is 32.6 Å². The number of carboxylic acid groups (broad SMARTS) is 1. The van der Waals surface area contributed by atoms with Crippen molar-refractivity contribution in [2.75, 3.05) is 12.4 Å². The summed E-state index contributed by atoms with van der Waals surface area (Å²) in [7, 11) is 1.60. The third-order valence-corrected chi connectivity index (χ3v) is 5.07. The van der Waals surface area contributed by atoms with Crippen LogP contribution in [0.2, 0.25) is 5.02 Å². The van der Waals surface area contributed by atoms with Gasteiger partial charge in [0.05, 0.1) is 24.8 Å². The van der Waals surface area contributed by atoms with Crippen molar-refractivity contribution in [3.63, 3.8) is 0 Å². The molecular formula is C23H18ClF3N4O4. The molecule has 182 valence electrons. The molecule has 4 aromatic rings. The van der Waals surface area contributed by atoms with Crippen molar-refractivity contribution in [3.8, 4) is 16.9 Å². The van der Waals surface area contributed by atoms with Crippen molar-refractivity contribution >= 4 is 40.1 Å². The maximum absolute atomic E-state index is 12.4. The molecule has 35 heavy (non-hydrogen) atoms. The van der Waals surface area contributed by atoms with Gasteiger partial charge in [-0.1, -0.05) is 35.9 Å². The van der Waals surface area contributed by atoms with Crippen LogP contribution in [0, 0.1) is 0 Å². The number of ether oxygens (including phenoxy) is 1. The fourth-order valence-electron chi connectivity index (χ4n) is 2.96. The zero-order valence-electron chi connectivity index (χ0n) is 18.1. The number of pyridine rings is 1. The van der Waals surface area contributed by atoms with Crippen molar-refractivity contribution in [3.05, 3.63) is 71.6 Å². The number of methoxy groups -OCH3 is 1. The molecule has 0 aliphatic rings. The molecule has 2 aromatic heterocycles. The summed E-state index contributed by atoms with van der Waals surface area (Å²) in [6, 6.07) is 13.2. The standard InChI is InChI=1S/C21H17ClN4O2.C2HF3O2/c1-28-17-6-2-13(3-7-17)8-19(27)26-21-20(22)18-9-14(16-11-24-25-12-16)4-5-15(18)10-23-21;3-2(4,5)1(6)7/h2-7,9-12H,8H2,1H3,(H,24,25)(H,23,26,27);(H,6,7). The predicted octanol–water partition coefficient (Wildman–Crippen LogP) is 5.10. The monoisotopic (exact) mass is 506 g/mol. The summed E-state index contributed by atoms with van der Waals surface area (Å²) in [5.74, 6) is -1.86. The number of hydrogen-bond donors (Lipinski definition) is 3. The van der Waals surface area contributed by atoms with Crippen LogP contribution in [-0.4, -0.2) is 45.5 Å². The van der Waals surface area contributed by atoms with E-state index in [1.807, 2.05) is 48.7 Å². The number of anilines is 1. The molecule has 0 spiro atoms. The summed E-state index contributed by atoms with van der Waals surface area (Å²) in [5.41, 5.74) is 2.81. The molecule has 3 N–H and O–H groups in total. The highest BCUT2D eigenvalue weighted by Crippen LogP contribution is 2.32. The maximum atomic E-state index is 12.4. The highest BCUT2D eigenvalue weighted by molar-refractivity contribution is 6.38. The number of halogens is 4. The minimum atomic E-state index is -5.08. The first kappa shape index (κ1) is 25.5. The third-order valence-electron chi connectivity index (χ3n) is 4.69. The predicted molar refractivity (Wildman–Crippen MR) is 123 cm³/mol. The molecule has 8 nitrogen and oxygen atoms in total. The summed E-state index contributed by atoms with van der Waals surface area (Å²) in [6.07, 6.45) is 0.389. The third kappa shape index (κ3) is 6.70. The lowest BCUT2D eigenvalue weighted by atomic mass is 10.0. The molecule has 0 unspecified atom stereocenters. The zero-order chi connectivity index (χ0) is 25.6. The van der Waals surface area contributed by atoms with Crippen molar-refractivity contribution in [1.29, 1.82) is 0 Å². The van der Waals surface area contributed by atoms with Gasteiger partial charge < -0.3 is 15.2 Å². The molecule has 1 amide bonds. The van der Waals surface area contributed by atoms with Gasteiger partial charge in [-0.3, -0.25) is 9.89 Å². The van der Waals surface area contributed by atoms with Crippen molar-refractivity contribution in [1.82, 2.24) is 15.2 Å². The first-order valence-corrected chi connectivity index (χ1v) is 10.3. The number of aromatic amines is 1. The minimum Gasteiger partial charge on any atom is -0.497 e. The van der Waals surface area contributed by atoms with Crippen LogP contribution in [0.3, 0.4) is 0 Å². The van der Waals surface area contributed by atoms with E-state index in [0.717, 1.165) is 33.2 Å². The lowest BCUT2D eigenvalue weighted by molar-refractivity contribution is -0.192. The highest BCUT2D eigenvalue weighted by atomic mass is 35.5. The van der Waals surface area contributed by atoms with E-state index in [0.29, 0.717) is 10.8 Å². The fraction of sp³-hybridized carbons (Fsp3) is 0.130. The fourth-order valence-corrected chi connectivity index (χ4v) is 3.22. The summed E-state index contributed by atoms with van der Waals surface area (Å²) >= 11 is 6.54. The summed E-state index contributed by atoms with van der Waals surface area (Å²) in [6.45, 7) is 0. The molecule has 0 radical (unpaired) electrons. The number of fused-ring (bicyclic) bond motifs is 1. The topological polar surface area (TPSA) is 117 Å². The molecule has 2 heterocycles. The van der Waals surface area contributed by atoms with Gasteiger partial charge in [0.15, 0.2) is 5.82 Å². The van der Waals surface area contributed by atoms with Gasteiger partial charge in [0, 0.05) is 28.7 Å². The Bertz CT molecular complexity index is 1330. The van der Waals surface area contributed by atoms with Crippen LogP contribution in [0.25, 0.3) is 21.9 Å².